The monoisotopic (exact) mass is 258 g/mol. The Labute approximate surface area is 115 Å². The predicted octanol–water partition coefficient (Wildman–Crippen LogP) is 3.03. The molecule has 2 N–H and O–H groups in total. The van der Waals surface area contributed by atoms with E-state index in [0.717, 1.165) is 18.1 Å². The van der Waals surface area contributed by atoms with Gasteiger partial charge in [-0.05, 0) is 38.6 Å². The van der Waals surface area contributed by atoms with Crippen LogP contribution < -0.4 is 5.73 Å². The zero-order valence-corrected chi connectivity index (χ0v) is 11.9. The molecule has 3 nitrogen and oxygen atoms in total. The van der Waals surface area contributed by atoms with E-state index in [-0.39, 0.29) is 6.04 Å². The van der Waals surface area contributed by atoms with Gasteiger partial charge in [0.05, 0.1) is 6.54 Å². The lowest BCUT2D eigenvalue weighted by molar-refractivity contribution is 0.221. The zero-order valence-electron chi connectivity index (χ0n) is 11.9. The van der Waals surface area contributed by atoms with Crippen molar-refractivity contribution in [3.8, 4) is 0 Å². The van der Waals surface area contributed by atoms with Crippen LogP contribution in [0.15, 0.2) is 40.8 Å². The largest absolute Gasteiger partial charge is 0.465 e. The minimum absolute atomic E-state index is 0.214. The number of furan rings is 1. The van der Waals surface area contributed by atoms with Crippen molar-refractivity contribution in [3.63, 3.8) is 0 Å². The van der Waals surface area contributed by atoms with Crippen LogP contribution in [0.2, 0.25) is 0 Å². The molecule has 0 spiro atoms. The summed E-state index contributed by atoms with van der Waals surface area (Å²) in [7, 11) is 2.08. The van der Waals surface area contributed by atoms with E-state index in [1.807, 2.05) is 19.1 Å². The van der Waals surface area contributed by atoms with Gasteiger partial charge in [-0.25, -0.2) is 0 Å². The molecule has 0 aliphatic heterocycles. The van der Waals surface area contributed by atoms with E-state index in [1.165, 1.54) is 11.1 Å². The first-order valence-electron chi connectivity index (χ1n) is 6.62. The van der Waals surface area contributed by atoms with Crippen molar-refractivity contribution in [2.75, 3.05) is 13.6 Å². The molecule has 0 aliphatic rings. The summed E-state index contributed by atoms with van der Waals surface area (Å²) in [5.74, 6) is 1.92. The molecule has 0 saturated heterocycles. The second kappa shape index (κ2) is 6.04. The van der Waals surface area contributed by atoms with Gasteiger partial charge in [0.25, 0.3) is 0 Å². The van der Waals surface area contributed by atoms with Crippen LogP contribution in [0.1, 0.15) is 28.7 Å². The molecule has 1 atom stereocenters. The molecule has 0 fully saturated rings. The Bertz CT molecular complexity index is 516. The smallest absolute Gasteiger partial charge is 0.118 e. The van der Waals surface area contributed by atoms with E-state index < -0.39 is 0 Å². The van der Waals surface area contributed by atoms with Gasteiger partial charge in [0.2, 0.25) is 0 Å². The van der Waals surface area contributed by atoms with Crippen molar-refractivity contribution in [2.24, 2.45) is 5.73 Å². The molecule has 0 amide bonds. The van der Waals surface area contributed by atoms with Gasteiger partial charge in [-0.2, -0.15) is 0 Å². The van der Waals surface area contributed by atoms with Crippen molar-refractivity contribution in [1.29, 1.82) is 0 Å². The first-order chi connectivity index (χ1) is 9.10. The van der Waals surface area contributed by atoms with Crippen LogP contribution in [0.4, 0.5) is 0 Å². The first kappa shape index (κ1) is 13.8. The van der Waals surface area contributed by atoms with Crippen LogP contribution in [-0.2, 0) is 6.54 Å². The van der Waals surface area contributed by atoms with E-state index in [2.05, 4.69) is 43.1 Å². The highest BCUT2D eigenvalue weighted by molar-refractivity contribution is 5.24. The minimum Gasteiger partial charge on any atom is -0.465 e. The van der Waals surface area contributed by atoms with Crippen LogP contribution >= 0.6 is 0 Å². The third-order valence-electron chi connectivity index (χ3n) is 3.42. The third kappa shape index (κ3) is 3.46. The van der Waals surface area contributed by atoms with Crippen LogP contribution in [0.25, 0.3) is 0 Å². The summed E-state index contributed by atoms with van der Waals surface area (Å²) in [6, 6.07) is 12.8. The highest BCUT2D eigenvalue weighted by Gasteiger charge is 2.16. The highest BCUT2D eigenvalue weighted by atomic mass is 16.3. The van der Waals surface area contributed by atoms with Gasteiger partial charge in [-0.3, -0.25) is 4.90 Å². The second-order valence-electron chi connectivity index (χ2n) is 5.09. The van der Waals surface area contributed by atoms with Gasteiger partial charge in [-0.15, -0.1) is 0 Å². The molecular weight excluding hydrogens is 236 g/mol. The van der Waals surface area contributed by atoms with Gasteiger partial charge in [0.15, 0.2) is 0 Å². The fourth-order valence-corrected chi connectivity index (χ4v) is 2.29. The molecule has 1 aromatic carbocycles. The SMILES string of the molecule is Cc1ccc(C(CN)N(C)Cc2ccc(C)o2)cc1. The number of hydrogen-bond acceptors (Lipinski definition) is 3. The quantitative estimate of drug-likeness (QED) is 0.896. The van der Waals surface area contributed by atoms with Gasteiger partial charge >= 0.3 is 0 Å². The molecule has 2 rings (SSSR count). The van der Waals surface area contributed by atoms with Gasteiger partial charge in [0, 0.05) is 12.6 Å². The summed E-state index contributed by atoms with van der Waals surface area (Å²) in [4.78, 5) is 2.23. The summed E-state index contributed by atoms with van der Waals surface area (Å²) in [6.45, 7) is 5.42. The van der Waals surface area contributed by atoms with Crippen LogP contribution in [0.3, 0.4) is 0 Å². The topological polar surface area (TPSA) is 42.4 Å². The Morgan fingerprint density at radius 1 is 1.11 bits per heavy atom. The Kier molecular flexibility index (Phi) is 4.40. The summed E-state index contributed by atoms with van der Waals surface area (Å²) < 4.78 is 5.62. The Hall–Kier alpha value is -1.58. The van der Waals surface area contributed by atoms with E-state index in [9.17, 15) is 0 Å². The number of nitrogens with zero attached hydrogens (tertiary/aromatic N) is 1. The van der Waals surface area contributed by atoms with Crippen molar-refractivity contribution in [3.05, 3.63) is 59.0 Å². The molecule has 102 valence electrons. The summed E-state index contributed by atoms with van der Waals surface area (Å²) in [5.41, 5.74) is 8.45. The van der Waals surface area contributed by atoms with Crippen LogP contribution in [0.5, 0.6) is 0 Å². The van der Waals surface area contributed by atoms with Gasteiger partial charge in [0.1, 0.15) is 11.5 Å². The number of aryl methyl sites for hydroxylation is 2. The average molecular weight is 258 g/mol. The van der Waals surface area contributed by atoms with Crippen molar-refractivity contribution in [1.82, 2.24) is 4.90 Å². The van der Waals surface area contributed by atoms with E-state index in [1.54, 1.807) is 0 Å². The number of hydrogen-bond donors (Lipinski definition) is 1. The molecule has 0 saturated carbocycles. The van der Waals surface area contributed by atoms with Crippen LogP contribution in [0, 0.1) is 13.8 Å². The fourth-order valence-electron chi connectivity index (χ4n) is 2.29. The Morgan fingerprint density at radius 3 is 2.32 bits per heavy atom. The predicted molar refractivity (Wildman–Crippen MR) is 77.9 cm³/mol. The maximum atomic E-state index is 5.93. The average Bonchev–Trinajstić information content (AvgIpc) is 2.78. The van der Waals surface area contributed by atoms with Crippen molar-refractivity contribution >= 4 is 0 Å². The molecule has 1 aromatic heterocycles. The molecule has 19 heavy (non-hydrogen) atoms. The molecular formula is C16H22N2O. The Morgan fingerprint density at radius 2 is 1.79 bits per heavy atom. The third-order valence-corrected chi connectivity index (χ3v) is 3.42. The molecule has 1 heterocycles. The van der Waals surface area contributed by atoms with Gasteiger partial charge < -0.3 is 10.2 Å². The molecule has 1 unspecified atom stereocenters. The second-order valence-corrected chi connectivity index (χ2v) is 5.09. The van der Waals surface area contributed by atoms with E-state index in [0.29, 0.717) is 6.54 Å². The van der Waals surface area contributed by atoms with Crippen molar-refractivity contribution in [2.45, 2.75) is 26.4 Å². The molecule has 3 heteroatoms. The molecule has 0 aliphatic carbocycles. The normalized spacial score (nSPS) is 12.9. The lowest BCUT2D eigenvalue weighted by Crippen LogP contribution is -2.30. The molecule has 2 aromatic rings. The first-order valence-corrected chi connectivity index (χ1v) is 6.62. The summed E-state index contributed by atoms with van der Waals surface area (Å²) in [6.07, 6.45) is 0. The number of likely N-dealkylation sites (N-methyl/N-ethyl adjacent to an activating group) is 1. The maximum absolute atomic E-state index is 5.93. The molecule has 0 bridgehead atoms. The number of nitrogens with two attached hydrogens (primary N) is 1. The molecule has 0 radical (unpaired) electrons. The fraction of sp³-hybridized carbons (Fsp3) is 0.375. The lowest BCUT2D eigenvalue weighted by atomic mass is 10.0. The standard InChI is InChI=1S/C16H22N2O/c1-12-4-7-14(8-5-12)16(10-17)18(3)11-15-9-6-13(2)19-15/h4-9,16H,10-11,17H2,1-3H3. The number of rotatable bonds is 5. The zero-order chi connectivity index (χ0) is 13.8. The van der Waals surface area contributed by atoms with E-state index >= 15 is 0 Å². The van der Waals surface area contributed by atoms with E-state index in [4.69, 9.17) is 10.2 Å². The number of benzene rings is 1. The van der Waals surface area contributed by atoms with Crippen molar-refractivity contribution < 1.29 is 4.42 Å². The minimum atomic E-state index is 0.214. The maximum Gasteiger partial charge on any atom is 0.118 e. The summed E-state index contributed by atoms with van der Waals surface area (Å²) >= 11 is 0. The highest BCUT2D eigenvalue weighted by Crippen LogP contribution is 2.21. The lowest BCUT2D eigenvalue weighted by Gasteiger charge is -2.26. The Balaban J connectivity index is 2.10. The van der Waals surface area contributed by atoms with Crippen LogP contribution in [-0.4, -0.2) is 18.5 Å². The summed E-state index contributed by atoms with van der Waals surface area (Å²) in [5, 5.41) is 0. The van der Waals surface area contributed by atoms with Gasteiger partial charge in [-0.1, -0.05) is 29.8 Å².